The van der Waals surface area contributed by atoms with E-state index in [2.05, 4.69) is 33.9 Å². The predicted molar refractivity (Wildman–Crippen MR) is 103 cm³/mol. The van der Waals surface area contributed by atoms with Gasteiger partial charge in [0.05, 0.1) is 12.0 Å². The summed E-state index contributed by atoms with van der Waals surface area (Å²) in [5.74, 6) is -1.83. The first-order chi connectivity index (χ1) is 11.3. The molecule has 0 radical (unpaired) electrons. The van der Waals surface area contributed by atoms with Gasteiger partial charge < -0.3 is 14.1 Å². The van der Waals surface area contributed by atoms with Crippen LogP contribution in [0.3, 0.4) is 0 Å². The summed E-state index contributed by atoms with van der Waals surface area (Å²) in [5, 5.41) is 9.12. The Kier molecular flexibility index (Phi) is 5.76. The van der Waals surface area contributed by atoms with Gasteiger partial charge in [-0.25, -0.2) is 4.79 Å². The van der Waals surface area contributed by atoms with Gasteiger partial charge in [-0.3, -0.25) is 9.69 Å². The predicted octanol–water partition coefficient (Wildman–Crippen LogP) is 2.95. The molecule has 6 nitrogen and oxygen atoms in total. The number of thioether (sulfide) groups is 1. The van der Waals surface area contributed by atoms with Gasteiger partial charge in [0.1, 0.15) is 11.6 Å². The lowest BCUT2D eigenvalue weighted by atomic mass is 9.90. The van der Waals surface area contributed by atoms with Crippen molar-refractivity contribution in [2.24, 2.45) is 5.92 Å². The van der Waals surface area contributed by atoms with Crippen molar-refractivity contribution in [2.75, 3.05) is 6.26 Å². The highest BCUT2D eigenvalue weighted by atomic mass is 32.3. The summed E-state index contributed by atoms with van der Waals surface area (Å²) in [7, 11) is -2.06. The van der Waals surface area contributed by atoms with Crippen molar-refractivity contribution >= 4 is 43.1 Å². The fourth-order valence-electron chi connectivity index (χ4n) is 2.82. The van der Waals surface area contributed by atoms with Gasteiger partial charge in [0.2, 0.25) is 10.1 Å². The summed E-state index contributed by atoms with van der Waals surface area (Å²) in [5.41, 5.74) is -0.126. The minimum Gasteiger partial charge on any atom is -0.611 e. The van der Waals surface area contributed by atoms with Gasteiger partial charge in [0.15, 0.2) is 14.0 Å². The summed E-state index contributed by atoms with van der Waals surface area (Å²) in [6, 6.07) is 0. The minimum atomic E-state index is -2.06. The third kappa shape index (κ3) is 3.53. The van der Waals surface area contributed by atoms with E-state index in [-0.39, 0.29) is 38.3 Å². The van der Waals surface area contributed by atoms with Crippen LogP contribution in [0.1, 0.15) is 34.1 Å². The van der Waals surface area contributed by atoms with E-state index in [0.717, 1.165) is 0 Å². The fourth-order valence-corrected chi connectivity index (χ4v) is 6.81. The third-order valence-corrected chi connectivity index (χ3v) is 12.6. The molecular weight excluding hydrogens is 378 g/mol. The highest BCUT2D eigenvalue weighted by Crippen LogP contribution is 2.53. The molecule has 9 heteroatoms. The van der Waals surface area contributed by atoms with Crippen molar-refractivity contribution in [1.29, 1.82) is 0 Å². The Hall–Kier alpha value is -0.483. The number of rotatable bonds is 6. The number of aliphatic carboxylic acids is 1. The summed E-state index contributed by atoms with van der Waals surface area (Å²) < 4.78 is 18.6. The SMILES string of the molecule is CC[C@H](O[Si](C)(C)C(C)(C)C)[C@@H]1C(=O)N2C(C(=O)O)=C([S+](C)[O-])S[C@H]12. The molecule has 0 spiro atoms. The number of β-lactam (4-membered cyclic amide) rings is 1. The van der Waals surface area contributed by atoms with Crippen molar-refractivity contribution in [2.45, 2.75) is 63.7 Å². The van der Waals surface area contributed by atoms with Gasteiger partial charge in [-0.05, 0) is 47.5 Å². The van der Waals surface area contributed by atoms with Crippen LogP contribution in [0.2, 0.25) is 18.1 Å². The maximum absolute atomic E-state index is 12.7. The van der Waals surface area contributed by atoms with Gasteiger partial charge >= 0.3 is 5.97 Å². The zero-order valence-corrected chi connectivity index (χ0v) is 18.4. The molecule has 1 amide bonds. The van der Waals surface area contributed by atoms with E-state index in [0.29, 0.717) is 6.42 Å². The lowest BCUT2D eigenvalue weighted by molar-refractivity contribution is -0.156. The van der Waals surface area contributed by atoms with Gasteiger partial charge in [0.25, 0.3) is 0 Å². The maximum Gasteiger partial charge on any atom is 0.358 e. The van der Waals surface area contributed by atoms with E-state index in [4.69, 9.17) is 4.43 Å². The molecule has 142 valence electrons. The molecule has 4 atom stereocenters. The molecule has 1 saturated heterocycles. The minimum absolute atomic E-state index is 0.0241. The first-order valence-electron chi connectivity index (χ1n) is 8.32. The fraction of sp³-hybridized carbons (Fsp3) is 0.750. The van der Waals surface area contributed by atoms with Crippen LogP contribution in [-0.2, 0) is 25.2 Å². The quantitative estimate of drug-likeness (QED) is 0.415. The number of carboxylic acids is 1. The van der Waals surface area contributed by atoms with Gasteiger partial charge in [-0.1, -0.05) is 27.7 Å². The van der Waals surface area contributed by atoms with E-state index >= 15 is 0 Å². The molecular formula is C16H27NO5S2Si. The van der Waals surface area contributed by atoms with Crippen LogP contribution in [0.4, 0.5) is 0 Å². The van der Waals surface area contributed by atoms with Crippen molar-refractivity contribution in [3.05, 3.63) is 9.93 Å². The largest absolute Gasteiger partial charge is 0.611 e. The van der Waals surface area contributed by atoms with Crippen molar-refractivity contribution in [3.8, 4) is 0 Å². The van der Waals surface area contributed by atoms with Crippen LogP contribution >= 0.6 is 11.8 Å². The Balaban J connectivity index is 2.24. The molecule has 0 aromatic carbocycles. The number of carboxylic acid groups (broad SMARTS) is 1. The zero-order valence-electron chi connectivity index (χ0n) is 15.8. The second-order valence-electron chi connectivity index (χ2n) is 7.96. The summed E-state index contributed by atoms with van der Waals surface area (Å²) >= 11 is -0.202. The van der Waals surface area contributed by atoms with Crippen molar-refractivity contribution in [3.63, 3.8) is 0 Å². The molecule has 2 aliphatic heterocycles. The summed E-state index contributed by atoms with van der Waals surface area (Å²) in [6.45, 7) is 12.7. The normalized spacial score (nSPS) is 26.4. The monoisotopic (exact) mass is 405 g/mol. The van der Waals surface area contributed by atoms with Crippen LogP contribution in [0, 0.1) is 5.92 Å². The molecule has 0 bridgehead atoms. The maximum atomic E-state index is 12.7. The second kappa shape index (κ2) is 6.92. The van der Waals surface area contributed by atoms with Crippen LogP contribution in [0.25, 0.3) is 0 Å². The molecule has 0 saturated carbocycles. The molecule has 2 aliphatic rings. The van der Waals surface area contributed by atoms with Gasteiger partial charge in [0, 0.05) is 0 Å². The van der Waals surface area contributed by atoms with E-state index in [9.17, 15) is 19.2 Å². The average Bonchev–Trinajstić information content (AvgIpc) is 2.80. The molecule has 2 rings (SSSR count). The molecule has 0 aromatic heterocycles. The van der Waals surface area contributed by atoms with Gasteiger partial charge in [-0.15, -0.1) is 0 Å². The van der Waals surface area contributed by atoms with Gasteiger partial charge in [-0.2, -0.15) is 0 Å². The number of hydrogen-bond donors (Lipinski definition) is 1. The zero-order chi connectivity index (χ0) is 19.3. The van der Waals surface area contributed by atoms with Crippen molar-refractivity contribution < 1.29 is 23.7 Å². The Bertz CT molecular complexity index is 614. The van der Waals surface area contributed by atoms with E-state index in [1.165, 1.54) is 22.9 Å². The smallest absolute Gasteiger partial charge is 0.358 e. The molecule has 1 N–H and O–H groups in total. The molecule has 1 fully saturated rings. The summed E-state index contributed by atoms with van der Waals surface area (Å²) in [4.78, 5) is 25.5. The number of fused-ring (bicyclic) bond motifs is 1. The van der Waals surface area contributed by atoms with E-state index in [1.807, 2.05) is 6.92 Å². The first-order valence-corrected chi connectivity index (χ1v) is 13.7. The molecule has 0 aromatic rings. The van der Waals surface area contributed by atoms with Crippen LogP contribution in [0.5, 0.6) is 0 Å². The highest BCUT2D eigenvalue weighted by Gasteiger charge is 2.61. The number of carbonyl (C=O) groups is 2. The van der Waals surface area contributed by atoms with E-state index < -0.39 is 25.5 Å². The van der Waals surface area contributed by atoms with Crippen LogP contribution < -0.4 is 0 Å². The Labute approximate surface area is 157 Å². The highest BCUT2D eigenvalue weighted by molar-refractivity contribution is 8.19. The number of amides is 1. The van der Waals surface area contributed by atoms with Crippen molar-refractivity contribution in [1.82, 2.24) is 4.90 Å². The standard InChI is InChI=1S/C16H27NO5S2Si/c1-8-9(22-25(6,7)16(2,3)4)10-12(18)17-11(14(19)20)15(24(5)21)23-13(10)17/h9-10,13H,8H2,1-7H3,(H,19,20)/t9-,10+,13+,24?/m0/s1. The Morgan fingerprint density at radius 1 is 1.48 bits per heavy atom. The topological polar surface area (TPSA) is 89.9 Å². The lowest BCUT2D eigenvalue weighted by Crippen LogP contribution is -2.63. The number of carbonyl (C=O) groups excluding carboxylic acids is 1. The van der Waals surface area contributed by atoms with Crippen LogP contribution in [-0.4, -0.2) is 52.5 Å². The average molecular weight is 406 g/mol. The second-order valence-corrected chi connectivity index (χ2v) is 15.4. The Morgan fingerprint density at radius 2 is 2.04 bits per heavy atom. The van der Waals surface area contributed by atoms with Crippen LogP contribution in [0.15, 0.2) is 9.93 Å². The summed E-state index contributed by atoms with van der Waals surface area (Å²) in [6.07, 6.45) is 1.88. The lowest BCUT2D eigenvalue weighted by Gasteiger charge is -2.48. The molecule has 0 aliphatic carbocycles. The Morgan fingerprint density at radius 3 is 2.44 bits per heavy atom. The van der Waals surface area contributed by atoms with E-state index in [1.54, 1.807) is 0 Å². The number of hydrogen-bond acceptors (Lipinski definition) is 5. The first kappa shape index (κ1) is 20.8. The molecule has 1 unspecified atom stereocenters. The third-order valence-electron chi connectivity index (χ3n) is 5.27. The molecule has 25 heavy (non-hydrogen) atoms. The molecule has 2 heterocycles. The number of nitrogens with zero attached hydrogens (tertiary/aromatic N) is 1.